The summed E-state index contributed by atoms with van der Waals surface area (Å²) < 4.78 is 27.6. The van der Waals surface area contributed by atoms with Crippen LogP contribution in [0.4, 0.5) is 5.69 Å². The summed E-state index contributed by atoms with van der Waals surface area (Å²) in [6.45, 7) is 0. The molecule has 1 N–H and O–H groups in total. The number of hydrogen-bond donors (Lipinski definition) is 1. The smallest absolute Gasteiger partial charge is 0.261 e. The number of benzene rings is 2. The molecule has 3 rings (SSSR count). The van der Waals surface area contributed by atoms with E-state index < -0.39 is 10.0 Å². The standard InChI is InChI=1S/C17H16N2O2S/c18-12-15-7-3-4-8-17(15)19-22(20,21)16-10-9-13-5-1-2-6-14(13)11-16/h3-4,7-11,19H,1-2,5-6H2. The molecule has 0 saturated heterocycles. The van der Waals surface area contributed by atoms with Crippen LogP contribution >= 0.6 is 0 Å². The minimum atomic E-state index is -3.68. The summed E-state index contributed by atoms with van der Waals surface area (Å²) in [7, 11) is -3.68. The van der Waals surface area contributed by atoms with Crippen LogP contribution in [0.3, 0.4) is 0 Å². The van der Waals surface area contributed by atoms with Gasteiger partial charge in [0.2, 0.25) is 0 Å². The summed E-state index contributed by atoms with van der Waals surface area (Å²) in [5, 5.41) is 9.06. The summed E-state index contributed by atoms with van der Waals surface area (Å²) in [4.78, 5) is 0.251. The third-order valence-corrected chi connectivity index (χ3v) is 5.29. The van der Waals surface area contributed by atoms with Gasteiger partial charge < -0.3 is 0 Å². The molecule has 2 aromatic rings. The molecule has 0 radical (unpaired) electrons. The van der Waals surface area contributed by atoms with Crippen molar-refractivity contribution in [1.82, 2.24) is 0 Å². The normalized spacial score (nSPS) is 14.0. The minimum Gasteiger partial charge on any atom is -0.278 e. The van der Waals surface area contributed by atoms with Gasteiger partial charge in [0.1, 0.15) is 6.07 Å². The van der Waals surface area contributed by atoms with E-state index in [1.54, 1.807) is 36.4 Å². The quantitative estimate of drug-likeness (QED) is 0.946. The Kier molecular flexibility index (Phi) is 3.86. The Labute approximate surface area is 130 Å². The number of para-hydroxylation sites is 1. The third kappa shape index (κ3) is 2.83. The van der Waals surface area contributed by atoms with Crippen LogP contribution in [0.5, 0.6) is 0 Å². The van der Waals surface area contributed by atoms with Gasteiger partial charge in [-0.05, 0) is 61.1 Å². The van der Waals surface area contributed by atoms with Crippen LogP contribution in [0.25, 0.3) is 0 Å². The fraction of sp³-hybridized carbons (Fsp3) is 0.235. The summed E-state index contributed by atoms with van der Waals surface area (Å²) >= 11 is 0. The van der Waals surface area contributed by atoms with Gasteiger partial charge in [-0.25, -0.2) is 8.42 Å². The molecule has 112 valence electrons. The first-order valence-corrected chi connectivity index (χ1v) is 8.72. The van der Waals surface area contributed by atoms with Crippen molar-refractivity contribution in [3.63, 3.8) is 0 Å². The van der Waals surface area contributed by atoms with E-state index in [9.17, 15) is 8.42 Å². The molecule has 22 heavy (non-hydrogen) atoms. The second kappa shape index (κ2) is 5.82. The number of rotatable bonds is 3. The lowest BCUT2D eigenvalue weighted by molar-refractivity contribution is 0.600. The van der Waals surface area contributed by atoms with Crippen LogP contribution in [0.15, 0.2) is 47.4 Å². The van der Waals surface area contributed by atoms with Crippen molar-refractivity contribution < 1.29 is 8.42 Å². The van der Waals surface area contributed by atoms with E-state index >= 15 is 0 Å². The maximum atomic E-state index is 12.5. The lowest BCUT2D eigenvalue weighted by Crippen LogP contribution is -2.15. The van der Waals surface area contributed by atoms with Crippen molar-refractivity contribution in [3.8, 4) is 6.07 Å². The maximum absolute atomic E-state index is 12.5. The predicted molar refractivity (Wildman–Crippen MR) is 85.0 cm³/mol. The van der Waals surface area contributed by atoms with Crippen molar-refractivity contribution in [2.75, 3.05) is 4.72 Å². The summed E-state index contributed by atoms with van der Waals surface area (Å²) in [6.07, 6.45) is 4.20. The third-order valence-electron chi connectivity index (χ3n) is 3.92. The number of nitriles is 1. The predicted octanol–water partition coefficient (Wildman–Crippen LogP) is 3.24. The van der Waals surface area contributed by atoms with Crippen LogP contribution in [0.2, 0.25) is 0 Å². The van der Waals surface area contributed by atoms with E-state index in [0.717, 1.165) is 31.2 Å². The van der Waals surface area contributed by atoms with Gasteiger partial charge in [0.25, 0.3) is 10.0 Å². The molecule has 0 saturated carbocycles. The average molecular weight is 312 g/mol. The molecule has 4 nitrogen and oxygen atoms in total. The largest absolute Gasteiger partial charge is 0.278 e. The lowest BCUT2D eigenvalue weighted by atomic mass is 9.92. The van der Waals surface area contributed by atoms with Crippen LogP contribution in [-0.2, 0) is 22.9 Å². The highest BCUT2D eigenvalue weighted by Crippen LogP contribution is 2.25. The molecule has 5 heteroatoms. The molecule has 1 aliphatic rings. The van der Waals surface area contributed by atoms with Gasteiger partial charge in [0.15, 0.2) is 0 Å². The van der Waals surface area contributed by atoms with Gasteiger partial charge in [-0.2, -0.15) is 5.26 Å². The molecule has 0 spiro atoms. The number of hydrogen-bond acceptors (Lipinski definition) is 3. The van der Waals surface area contributed by atoms with Crippen molar-refractivity contribution >= 4 is 15.7 Å². The molecule has 2 aromatic carbocycles. The van der Waals surface area contributed by atoms with Crippen LogP contribution in [0.1, 0.15) is 29.5 Å². The van der Waals surface area contributed by atoms with Gasteiger partial charge in [0, 0.05) is 0 Å². The molecule has 0 aromatic heterocycles. The van der Waals surface area contributed by atoms with Gasteiger partial charge in [0.05, 0.1) is 16.1 Å². The first-order valence-electron chi connectivity index (χ1n) is 7.24. The Morgan fingerprint density at radius 1 is 1.00 bits per heavy atom. The zero-order valence-corrected chi connectivity index (χ0v) is 12.9. The Morgan fingerprint density at radius 2 is 1.73 bits per heavy atom. The monoisotopic (exact) mass is 312 g/mol. The fourth-order valence-electron chi connectivity index (χ4n) is 2.75. The molecule has 0 fully saturated rings. The number of aryl methyl sites for hydroxylation is 2. The van der Waals surface area contributed by atoms with E-state index in [-0.39, 0.29) is 4.90 Å². The van der Waals surface area contributed by atoms with Crippen LogP contribution in [-0.4, -0.2) is 8.42 Å². The fourth-order valence-corrected chi connectivity index (χ4v) is 3.88. The second-order valence-corrected chi connectivity index (χ2v) is 7.08. The number of sulfonamides is 1. The topological polar surface area (TPSA) is 70.0 Å². The van der Waals surface area contributed by atoms with E-state index in [4.69, 9.17) is 5.26 Å². The lowest BCUT2D eigenvalue weighted by Gasteiger charge is -2.17. The van der Waals surface area contributed by atoms with E-state index in [1.165, 1.54) is 5.56 Å². The molecule has 0 heterocycles. The highest BCUT2D eigenvalue weighted by molar-refractivity contribution is 7.92. The van der Waals surface area contributed by atoms with Crippen LogP contribution in [0, 0.1) is 11.3 Å². The van der Waals surface area contributed by atoms with Gasteiger partial charge in [-0.1, -0.05) is 18.2 Å². The van der Waals surface area contributed by atoms with Crippen molar-refractivity contribution in [3.05, 3.63) is 59.2 Å². The number of fused-ring (bicyclic) bond motifs is 1. The molecule has 0 atom stereocenters. The summed E-state index contributed by atoms with van der Waals surface area (Å²) in [6, 6.07) is 13.9. The summed E-state index contributed by atoms with van der Waals surface area (Å²) in [5.74, 6) is 0. The highest BCUT2D eigenvalue weighted by Gasteiger charge is 2.18. The zero-order chi connectivity index (χ0) is 15.6. The van der Waals surface area contributed by atoms with E-state index in [2.05, 4.69) is 4.72 Å². The average Bonchev–Trinajstić information content (AvgIpc) is 2.54. The van der Waals surface area contributed by atoms with Gasteiger partial charge in [-0.3, -0.25) is 4.72 Å². The number of nitrogens with one attached hydrogen (secondary N) is 1. The van der Waals surface area contributed by atoms with Crippen molar-refractivity contribution in [2.45, 2.75) is 30.6 Å². The second-order valence-electron chi connectivity index (χ2n) is 5.40. The first kappa shape index (κ1) is 14.6. The Bertz CT molecular complexity index is 851. The molecular weight excluding hydrogens is 296 g/mol. The van der Waals surface area contributed by atoms with Crippen molar-refractivity contribution in [1.29, 1.82) is 5.26 Å². The number of anilines is 1. The molecule has 0 bridgehead atoms. The minimum absolute atomic E-state index is 0.251. The number of nitrogens with zero attached hydrogens (tertiary/aromatic N) is 1. The Balaban J connectivity index is 1.95. The molecule has 0 amide bonds. The molecule has 1 aliphatic carbocycles. The van der Waals surface area contributed by atoms with Crippen molar-refractivity contribution in [2.24, 2.45) is 0 Å². The SMILES string of the molecule is N#Cc1ccccc1NS(=O)(=O)c1ccc2c(c1)CCCC2. The van der Waals surface area contributed by atoms with Gasteiger partial charge >= 0.3 is 0 Å². The van der Waals surface area contributed by atoms with E-state index in [1.807, 2.05) is 12.1 Å². The molecule has 0 aliphatic heterocycles. The zero-order valence-electron chi connectivity index (χ0n) is 12.0. The van der Waals surface area contributed by atoms with Gasteiger partial charge in [-0.15, -0.1) is 0 Å². The Morgan fingerprint density at radius 3 is 2.50 bits per heavy atom. The first-order chi connectivity index (χ1) is 10.6. The summed E-state index contributed by atoms with van der Waals surface area (Å²) in [5.41, 5.74) is 2.97. The molecular formula is C17H16N2O2S. The van der Waals surface area contributed by atoms with Crippen LogP contribution < -0.4 is 4.72 Å². The maximum Gasteiger partial charge on any atom is 0.261 e. The molecule has 0 unspecified atom stereocenters. The highest BCUT2D eigenvalue weighted by atomic mass is 32.2. The Hall–Kier alpha value is -2.32. The van der Waals surface area contributed by atoms with E-state index in [0.29, 0.717) is 11.3 Å².